The lowest BCUT2D eigenvalue weighted by atomic mass is 10.2. The van der Waals surface area contributed by atoms with Gasteiger partial charge >= 0.3 is 0 Å². The van der Waals surface area contributed by atoms with E-state index in [0.29, 0.717) is 12.1 Å². The average molecular weight is 351 g/mol. The Hall–Kier alpha value is -2.47. The van der Waals surface area contributed by atoms with Gasteiger partial charge in [-0.15, -0.1) is 0 Å². The molecular weight excluding hydrogens is 338 g/mol. The molecule has 4 nitrogen and oxygen atoms in total. The number of benzene rings is 2. The molecule has 2 atom stereocenters. The van der Waals surface area contributed by atoms with Crippen LogP contribution in [0, 0.1) is 23.5 Å². The second-order valence-electron chi connectivity index (χ2n) is 5.54. The highest BCUT2D eigenvalue weighted by Crippen LogP contribution is 2.40. The van der Waals surface area contributed by atoms with Crippen LogP contribution in [0.4, 0.5) is 20.2 Å². The van der Waals surface area contributed by atoms with E-state index in [-0.39, 0.29) is 16.6 Å². The normalized spacial score (nSPS) is 18.8. The largest absolute Gasteiger partial charge is 0.326 e. The van der Waals surface area contributed by atoms with Crippen LogP contribution in [0.2, 0.25) is 5.02 Å². The molecule has 0 heterocycles. The molecule has 1 fully saturated rings. The van der Waals surface area contributed by atoms with Crippen LogP contribution in [0.1, 0.15) is 6.42 Å². The van der Waals surface area contributed by atoms with Crippen molar-refractivity contribution >= 4 is 34.8 Å². The monoisotopic (exact) mass is 350 g/mol. The summed E-state index contributed by atoms with van der Waals surface area (Å²) < 4.78 is 26.6. The molecule has 2 aromatic carbocycles. The van der Waals surface area contributed by atoms with Crippen LogP contribution >= 0.6 is 11.6 Å². The first kappa shape index (κ1) is 16.4. The molecule has 2 amide bonds. The molecule has 1 aliphatic carbocycles. The minimum atomic E-state index is -0.580. The van der Waals surface area contributed by atoms with Gasteiger partial charge in [0.15, 0.2) is 0 Å². The van der Waals surface area contributed by atoms with Gasteiger partial charge in [-0.3, -0.25) is 9.59 Å². The lowest BCUT2D eigenvalue weighted by Crippen LogP contribution is -2.21. The molecule has 0 aliphatic heterocycles. The number of anilines is 2. The van der Waals surface area contributed by atoms with Crippen molar-refractivity contribution < 1.29 is 18.4 Å². The summed E-state index contributed by atoms with van der Waals surface area (Å²) in [6.45, 7) is 0. The highest BCUT2D eigenvalue weighted by atomic mass is 35.5. The number of carbonyl (C=O) groups excluding carboxylic acids is 2. The summed E-state index contributed by atoms with van der Waals surface area (Å²) >= 11 is 5.65. The van der Waals surface area contributed by atoms with E-state index in [2.05, 4.69) is 10.6 Å². The topological polar surface area (TPSA) is 58.2 Å². The van der Waals surface area contributed by atoms with Gasteiger partial charge in [-0.25, -0.2) is 8.78 Å². The van der Waals surface area contributed by atoms with Crippen molar-refractivity contribution in [3.05, 3.63) is 59.1 Å². The van der Waals surface area contributed by atoms with Crippen LogP contribution in [0.3, 0.4) is 0 Å². The minimum Gasteiger partial charge on any atom is -0.326 e. The summed E-state index contributed by atoms with van der Waals surface area (Å²) in [6, 6.07) is 9.64. The highest BCUT2D eigenvalue weighted by Gasteiger charge is 2.48. The second kappa shape index (κ2) is 6.57. The summed E-state index contributed by atoms with van der Waals surface area (Å²) in [4.78, 5) is 24.2. The van der Waals surface area contributed by atoms with Crippen LogP contribution in [0.15, 0.2) is 42.5 Å². The Morgan fingerprint density at radius 3 is 2.29 bits per heavy atom. The average Bonchev–Trinajstić information content (AvgIpc) is 3.34. The molecule has 2 aromatic rings. The van der Waals surface area contributed by atoms with Gasteiger partial charge in [-0.05, 0) is 36.8 Å². The van der Waals surface area contributed by atoms with E-state index in [1.54, 1.807) is 6.07 Å². The predicted octanol–water partition coefficient (Wildman–Crippen LogP) is 3.83. The Morgan fingerprint density at radius 2 is 1.62 bits per heavy atom. The van der Waals surface area contributed by atoms with E-state index < -0.39 is 29.4 Å². The van der Waals surface area contributed by atoms with Crippen LogP contribution in [-0.2, 0) is 9.59 Å². The Labute approximate surface area is 141 Å². The summed E-state index contributed by atoms with van der Waals surface area (Å²) in [5.74, 6) is -2.89. The standard InChI is InChI=1S/C17H13ClF2N2O2/c18-12-7-9(5-6-13(12)19)21-16(23)10-8-11(10)17(24)22-15-4-2-1-3-14(15)20/h1-7,10-11H,8H2,(H,21,23)(H,22,24). The van der Waals surface area contributed by atoms with Gasteiger partial charge in [0.25, 0.3) is 0 Å². The molecule has 24 heavy (non-hydrogen) atoms. The zero-order chi connectivity index (χ0) is 17.3. The number of para-hydroxylation sites is 1. The Bertz CT molecular complexity index is 813. The van der Waals surface area contributed by atoms with Crippen molar-refractivity contribution in [3.8, 4) is 0 Å². The molecule has 2 N–H and O–H groups in total. The zero-order valence-electron chi connectivity index (χ0n) is 12.4. The number of hydrogen-bond donors (Lipinski definition) is 2. The molecule has 0 radical (unpaired) electrons. The third-order valence-corrected chi connectivity index (χ3v) is 4.07. The molecule has 124 valence electrons. The molecule has 3 rings (SSSR count). The number of halogens is 3. The van der Waals surface area contributed by atoms with Crippen molar-refractivity contribution in [3.63, 3.8) is 0 Å². The number of amides is 2. The number of carbonyl (C=O) groups is 2. The third kappa shape index (κ3) is 3.54. The van der Waals surface area contributed by atoms with Crippen LogP contribution < -0.4 is 10.6 Å². The molecule has 7 heteroatoms. The fraction of sp³-hybridized carbons (Fsp3) is 0.176. The molecule has 2 unspecified atom stereocenters. The van der Waals surface area contributed by atoms with E-state index in [1.165, 1.54) is 30.3 Å². The third-order valence-electron chi connectivity index (χ3n) is 3.78. The summed E-state index contributed by atoms with van der Waals surface area (Å²) in [6.07, 6.45) is 0.376. The number of rotatable bonds is 4. The van der Waals surface area contributed by atoms with Gasteiger partial charge in [-0.2, -0.15) is 0 Å². The zero-order valence-corrected chi connectivity index (χ0v) is 13.1. The van der Waals surface area contributed by atoms with E-state index >= 15 is 0 Å². The van der Waals surface area contributed by atoms with Gasteiger partial charge in [0.05, 0.1) is 22.5 Å². The first-order chi connectivity index (χ1) is 11.5. The van der Waals surface area contributed by atoms with Gasteiger partial charge in [-0.1, -0.05) is 23.7 Å². The van der Waals surface area contributed by atoms with Gasteiger partial charge in [0.1, 0.15) is 11.6 Å². The van der Waals surface area contributed by atoms with Crippen molar-refractivity contribution in [2.24, 2.45) is 11.8 Å². The fourth-order valence-electron chi connectivity index (χ4n) is 2.37. The van der Waals surface area contributed by atoms with Crippen LogP contribution in [-0.4, -0.2) is 11.8 Å². The Balaban J connectivity index is 1.58. The van der Waals surface area contributed by atoms with Crippen molar-refractivity contribution in [2.75, 3.05) is 10.6 Å². The second-order valence-corrected chi connectivity index (χ2v) is 5.94. The summed E-state index contributed by atoms with van der Waals surface area (Å²) in [7, 11) is 0. The van der Waals surface area contributed by atoms with Crippen molar-refractivity contribution in [1.82, 2.24) is 0 Å². The fourth-order valence-corrected chi connectivity index (χ4v) is 2.55. The van der Waals surface area contributed by atoms with E-state index in [1.807, 2.05) is 0 Å². The maximum absolute atomic E-state index is 13.5. The summed E-state index contributed by atoms with van der Waals surface area (Å²) in [5, 5.41) is 4.96. The van der Waals surface area contributed by atoms with Gasteiger partial charge < -0.3 is 10.6 Å². The van der Waals surface area contributed by atoms with Crippen LogP contribution in [0.25, 0.3) is 0 Å². The van der Waals surface area contributed by atoms with E-state index in [0.717, 1.165) is 6.07 Å². The van der Waals surface area contributed by atoms with Crippen molar-refractivity contribution in [2.45, 2.75) is 6.42 Å². The van der Waals surface area contributed by atoms with Gasteiger partial charge in [0, 0.05) is 5.69 Å². The maximum Gasteiger partial charge on any atom is 0.228 e. The molecule has 1 aliphatic rings. The summed E-state index contributed by atoms with van der Waals surface area (Å²) in [5.41, 5.74) is 0.436. The smallest absolute Gasteiger partial charge is 0.228 e. The quantitative estimate of drug-likeness (QED) is 0.880. The Morgan fingerprint density at radius 1 is 0.958 bits per heavy atom. The molecule has 0 aromatic heterocycles. The number of nitrogens with one attached hydrogen (secondary N) is 2. The highest BCUT2D eigenvalue weighted by molar-refractivity contribution is 6.31. The maximum atomic E-state index is 13.5. The van der Waals surface area contributed by atoms with Crippen LogP contribution in [0.5, 0.6) is 0 Å². The lowest BCUT2D eigenvalue weighted by molar-refractivity contribution is -0.122. The Kier molecular flexibility index (Phi) is 4.49. The van der Waals surface area contributed by atoms with Gasteiger partial charge in [0.2, 0.25) is 11.8 Å². The molecular formula is C17H13ClF2N2O2. The van der Waals surface area contributed by atoms with Crippen molar-refractivity contribution in [1.29, 1.82) is 0 Å². The van der Waals surface area contributed by atoms with E-state index in [4.69, 9.17) is 11.6 Å². The molecule has 1 saturated carbocycles. The molecule has 0 bridgehead atoms. The molecule has 0 spiro atoms. The first-order valence-corrected chi connectivity index (χ1v) is 7.65. The molecule has 0 saturated heterocycles. The number of hydrogen-bond acceptors (Lipinski definition) is 2. The SMILES string of the molecule is O=C(Nc1ccc(F)c(Cl)c1)C1CC1C(=O)Nc1ccccc1F. The predicted molar refractivity (Wildman–Crippen MR) is 86.7 cm³/mol. The van der Waals surface area contributed by atoms with E-state index in [9.17, 15) is 18.4 Å². The minimum absolute atomic E-state index is 0.0823. The lowest BCUT2D eigenvalue weighted by Gasteiger charge is -2.07. The first-order valence-electron chi connectivity index (χ1n) is 7.27.